The van der Waals surface area contributed by atoms with Gasteiger partial charge < -0.3 is 13.7 Å². The number of anilines is 3. The van der Waals surface area contributed by atoms with Crippen LogP contribution in [0.5, 0.6) is 0 Å². The van der Waals surface area contributed by atoms with Gasteiger partial charge in [0.15, 0.2) is 0 Å². The van der Waals surface area contributed by atoms with Crippen molar-refractivity contribution in [1.29, 1.82) is 0 Å². The second kappa shape index (κ2) is 9.80. The summed E-state index contributed by atoms with van der Waals surface area (Å²) in [6.45, 7) is 9.40. The zero-order valence-corrected chi connectivity index (χ0v) is 29.0. The summed E-state index contributed by atoms with van der Waals surface area (Å²) >= 11 is 0. The minimum absolute atomic E-state index is 0.138. The maximum atomic E-state index is 6.75. The number of hydrogen-bond acceptors (Lipinski definition) is 3. The van der Waals surface area contributed by atoms with Crippen LogP contribution in [0.4, 0.5) is 17.1 Å². The van der Waals surface area contributed by atoms with Crippen molar-refractivity contribution in [1.82, 2.24) is 0 Å². The van der Waals surface area contributed by atoms with Crippen molar-refractivity contribution in [3.05, 3.63) is 162 Å². The maximum absolute atomic E-state index is 6.75. The van der Waals surface area contributed by atoms with Crippen LogP contribution < -0.4 is 4.90 Å². The molecule has 2 aliphatic carbocycles. The third-order valence-corrected chi connectivity index (χ3v) is 11.8. The summed E-state index contributed by atoms with van der Waals surface area (Å²) < 4.78 is 13.2. The van der Waals surface area contributed by atoms with Gasteiger partial charge in [0.05, 0.1) is 11.1 Å². The Hall–Kier alpha value is -6.06. The van der Waals surface area contributed by atoms with Crippen molar-refractivity contribution in [3.63, 3.8) is 0 Å². The first kappa shape index (κ1) is 28.7. The van der Waals surface area contributed by atoms with Crippen molar-refractivity contribution in [2.24, 2.45) is 0 Å². The highest BCUT2D eigenvalue weighted by molar-refractivity contribution is 6.17. The van der Waals surface area contributed by atoms with E-state index >= 15 is 0 Å². The lowest BCUT2D eigenvalue weighted by Crippen LogP contribution is -2.17. The molecule has 0 radical (unpaired) electrons. The van der Waals surface area contributed by atoms with Gasteiger partial charge >= 0.3 is 0 Å². The molecular formula is C48H35NO2. The molecule has 2 aliphatic rings. The predicted molar refractivity (Wildman–Crippen MR) is 211 cm³/mol. The molecule has 3 heteroatoms. The molecular weight excluding hydrogens is 623 g/mol. The minimum Gasteiger partial charge on any atom is -0.456 e. The molecule has 0 saturated carbocycles. The van der Waals surface area contributed by atoms with Crippen LogP contribution in [0.25, 0.3) is 66.1 Å². The SMILES string of the molecule is CC1(C)c2ccccc2-c2ccc(N(c3ccc4c(c3)oc3ccccc34)c3cccc4oc5ccc6c(c5c34)C(C)(C)c3ccccc3-6)cc21. The molecule has 11 rings (SSSR count). The van der Waals surface area contributed by atoms with Crippen LogP contribution in [-0.2, 0) is 10.8 Å². The molecule has 9 aromatic rings. The standard InChI is InChI=1S/C48H35NO2/c1-47(2)36-15-8-5-12-30(36)32-22-20-28(26-38(32)47)49(29-21-23-34-33-14-7-10-18-40(33)50-43(34)27-29)39-17-11-19-41-44(39)45-42(51-41)25-24-35-31-13-6-9-16-37(31)48(3,4)46(35)45/h5-27H,1-4H3. The Morgan fingerprint density at radius 2 is 1.00 bits per heavy atom. The summed E-state index contributed by atoms with van der Waals surface area (Å²) in [4.78, 5) is 2.41. The highest BCUT2D eigenvalue weighted by atomic mass is 16.3. The number of rotatable bonds is 3. The quantitative estimate of drug-likeness (QED) is 0.189. The summed E-state index contributed by atoms with van der Waals surface area (Å²) in [6.07, 6.45) is 0. The fourth-order valence-electron chi connectivity index (χ4n) is 9.46. The van der Waals surface area contributed by atoms with Crippen molar-refractivity contribution >= 4 is 60.9 Å². The molecule has 2 heterocycles. The third-order valence-electron chi connectivity index (χ3n) is 11.8. The van der Waals surface area contributed by atoms with Crippen LogP contribution in [0.2, 0.25) is 0 Å². The van der Waals surface area contributed by atoms with Gasteiger partial charge in [-0.2, -0.15) is 0 Å². The van der Waals surface area contributed by atoms with Crippen LogP contribution in [-0.4, -0.2) is 0 Å². The van der Waals surface area contributed by atoms with Gasteiger partial charge in [-0.25, -0.2) is 0 Å². The molecule has 0 amide bonds. The molecule has 2 aromatic heterocycles. The normalized spacial score (nSPS) is 15.0. The lowest BCUT2D eigenvalue weighted by atomic mass is 9.80. The van der Waals surface area contributed by atoms with E-state index in [1.807, 2.05) is 12.1 Å². The molecule has 3 nitrogen and oxygen atoms in total. The van der Waals surface area contributed by atoms with Crippen molar-refractivity contribution < 1.29 is 8.83 Å². The number of furan rings is 2. The number of hydrogen-bond donors (Lipinski definition) is 0. The van der Waals surface area contributed by atoms with Gasteiger partial charge in [0, 0.05) is 44.4 Å². The number of nitrogens with zero attached hydrogens (tertiary/aromatic N) is 1. The highest BCUT2D eigenvalue weighted by Gasteiger charge is 2.39. The maximum Gasteiger partial charge on any atom is 0.137 e. The average molecular weight is 658 g/mol. The van der Waals surface area contributed by atoms with Crippen LogP contribution in [0.15, 0.2) is 148 Å². The van der Waals surface area contributed by atoms with Crippen LogP contribution >= 0.6 is 0 Å². The molecule has 0 atom stereocenters. The van der Waals surface area contributed by atoms with Gasteiger partial charge in [-0.3, -0.25) is 0 Å². The topological polar surface area (TPSA) is 29.5 Å². The van der Waals surface area contributed by atoms with E-state index in [2.05, 4.69) is 160 Å². The summed E-state index contributed by atoms with van der Waals surface area (Å²) in [5, 5.41) is 4.55. The van der Waals surface area contributed by atoms with Crippen LogP contribution in [0.3, 0.4) is 0 Å². The number of para-hydroxylation sites is 1. The fraction of sp³-hybridized carbons (Fsp3) is 0.125. The van der Waals surface area contributed by atoms with E-state index in [1.165, 1.54) is 49.9 Å². The molecule has 0 fully saturated rings. The van der Waals surface area contributed by atoms with Gasteiger partial charge in [0.1, 0.15) is 22.3 Å². The van der Waals surface area contributed by atoms with Gasteiger partial charge in [0.2, 0.25) is 0 Å². The van der Waals surface area contributed by atoms with Gasteiger partial charge in [-0.15, -0.1) is 0 Å². The largest absolute Gasteiger partial charge is 0.456 e. The van der Waals surface area contributed by atoms with Crippen LogP contribution in [0, 0.1) is 0 Å². The molecule has 0 unspecified atom stereocenters. The van der Waals surface area contributed by atoms with E-state index in [1.54, 1.807) is 0 Å². The molecule has 0 bridgehead atoms. The Labute approximate surface area is 296 Å². The van der Waals surface area contributed by atoms with Crippen LogP contribution in [0.1, 0.15) is 49.9 Å². The van der Waals surface area contributed by atoms with E-state index in [-0.39, 0.29) is 10.8 Å². The average Bonchev–Trinajstić information content (AvgIpc) is 3.84. The third kappa shape index (κ3) is 3.73. The van der Waals surface area contributed by atoms with E-state index in [0.717, 1.165) is 55.6 Å². The molecule has 51 heavy (non-hydrogen) atoms. The molecule has 7 aromatic carbocycles. The second-order valence-corrected chi connectivity index (χ2v) is 15.3. The first-order valence-electron chi connectivity index (χ1n) is 17.9. The summed E-state index contributed by atoms with van der Waals surface area (Å²) in [5.74, 6) is 0. The van der Waals surface area contributed by atoms with E-state index in [0.29, 0.717) is 0 Å². The number of benzene rings is 7. The smallest absolute Gasteiger partial charge is 0.137 e. The van der Waals surface area contributed by atoms with Gasteiger partial charge in [-0.1, -0.05) is 113 Å². The van der Waals surface area contributed by atoms with E-state index in [4.69, 9.17) is 8.83 Å². The Morgan fingerprint density at radius 1 is 0.412 bits per heavy atom. The zero-order valence-electron chi connectivity index (χ0n) is 29.0. The Morgan fingerprint density at radius 3 is 1.84 bits per heavy atom. The summed E-state index contributed by atoms with van der Waals surface area (Å²) in [5.41, 5.74) is 17.0. The summed E-state index contributed by atoms with van der Waals surface area (Å²) in [6, 6.07) is 50.5. The first-order valence-corrected chi connectivity index (χ1v) is 17.9. The van der Waals surface area contributed by atoms with Crippen molar-refractivity contribution in [2.75, 3.05) is 4.90 Å². The second-order valence-electron chi connectivity index (χ2n) is 15.3. The predicted octanol–water partition coefficient (Wildman–Crippen LogP) is 13.6. The lowest BCUT2D eigenvalue weighted by Gasteiger charge is -2.29. The molecule has 0 spiro atoms. The molecule has 244 valence electrons. The van der Waals surface area contributed by atoms with Gasteiger partial charge in [-0.05, 0) is 93.0 Å². The minimum atomic E-state index is -0.198. The Kier molecular flexibility index (Phi) is 5.52. The molecule has 0 saturated heterocycles. The Bertz CT molecular complexity index is 2940. The number of fused-ring (bicyclic) bond motifs is 13. The van der Waals surface area contributed by atoms with E-state index < -0.39 is 0 Å². The highest BCUT2D eigenvalue weighted by Crippen LogP contribution is 2.56. The molecule has 0 N–H and O–H groups in total. The van der Waals surface area contributed by atoms with Gasteiger partial charge in [0.25, 0.3) is 0 Å². The van der Waals surface area contributed by atoms with Crippen molar-refractivity contribution in [3.8, 4) is 22.3 Å². The van der Waals surface area contributed by atoms with Crippen molar-refractivity contribution in [2.45, 2.75) is 38.5 Å². The zero-order chi connectivity index (χ0) is 34.2. The van der Waals surface area contributed by atoms with E-state index in [9.17, 15) is 0 Å². The first-order chi connectivity index (χ1) is 24.8. The summed E-state index contributed by atoms with van der Waals surface area (Å²) in [7, 11) is 0. The lowest BCUT2D eigenvalue weighted by molar-refractivity contribution is 0.657. The monoisotopic (exact) mass is 657 g/mol. The fourth-order valence-corrected chi connectivity index (χ4v) is 9.46. The Balaban J connectivity index is 1.22. The molecule has 0 aliphatic heterocycles.